The predicted octanol–water partition coefficient (Wildman–Crippen LogP) is 14.9. The lowest BCUT2D eigenvalue weighted by Crippen LogP contribution is -2.17. The highest BCUT2D eigenvalue weighted by atomic mass is 15.1. The summed E-state index contributed by atoms with van der Waals surface area (Å²) < 4.78 is 0. The van der Waals surface area contributed by atoms with Crippen LogP contribution in [0.15, 0.2) is 224 Å². The van der Waals surface area contributed by atoms with E-state index in [0.717, 1.165) is 30.6 Å². The molecule has 0 N–H and O–H groups in total. The molecule has 0 aromatic heterocycles. The minimum atomic E-state index is 0.398. The molecule has 0 amide bonds. The van der Waals surface area contributed by atoms with E-state index in [1.54, 1.807) is 0 Å². The zero-order valence-electron chi connectivity index (χ0n) is 30.9. The molecule has 1 unspecified atom stereocenters. The molecule has 7 aromatic carbocycles. The molecule has 2 aliphatic rings. The zero-order valence-corrected chi connectivity index (χ0v) is 30.9. The lowest BCUT2D eigenvalue weighted by atomic mass is 9.86. The highest BCUT2D eigenvalue weighted by Crippen LogP contribution is 2.43. The van der Waals surface area contributed by atoms with Crippen LogP contribution in [0.25, 0.3) is 50.1 Å². The van der Waals surface area contributed by atoms with Crippen molar-refractivity contribution in [1.82, 2.24) is 0 Å². The van der Waals surface area contributed by atoms with E-state index in [1.165, 1.54) is 66.9 Å². The molecule has 9 rings (SSSR count). The fourth-order valence-corrected chi connectivity index (χ4v) is 8.06. The molecule has 1 nitrogen and oxygen atoms in total. The first-order valence-electron chi connectivity index (χ1n) is 19.4. The fourth-order valence-electron chi connectivity index (χ4n) is 8.06. The summed E-state index contributed by atoms with van der Waals surface area (Å²) in [6, 6.07) is 66.2. The third-order valence-electron chi connectivity index (χ3n) is 10.9. The second-order valence-corrected chi connectivity index (χ2v) is 14.4. The third-order valence-corrected chi connectivity index (χ3v) is 10.9. The predicted molar refractivity (Wildman–Crippen MR) is 234 cm³/mol. The van der Waals surface area contributed by atoms with Crippen LogP contribution in [0.4, 0.5) is 11.4 Å². The van der Waals surface area contributed by atoms with E-state index in [0.29, 0.717) is 5.92 Å². The van der Waals surface area contributed by atoms with Crippen molar-refractivity contribution < 1.29 is 0 Å². The Morgan fingerprint density at radius 1 is 0.455 bits per heavy atom. The molecule has 0 fully saturated rings. The summed E-state index contributed by atoms with van der Waals surface area (Å²) in [5, 5.41) is 0. The molecule has 55 heavy (non-hydrogen) atoms. The van der Waals surface area contributed by atoms with Gasteiger partial charge in [0, 0.05) is 23.0 Å². The average Bonchev–Trinajstić information content (AvgIpc) is 3.28. The van der Waals surface area contributed by atoms with Gasteiger partial charge in [-0.3, -0.25) is 0 Å². The van der Waals surface area contributed by atoms with Gasteiger partial charge in [0.25, 0.3) is 0 Å². The minimum absolute atomic E-state index is 0.398. The van der Waals surface area contributed by atoms with E-state index in [4.69, 9.17) is 0 Å². The second kappa shape index (κ2) is 15.7. The molecule has 0 spiro atoms. The molecule has 0 radical (unpaired) electrons. The topological polar surface area (TPSA) is 3.24 Å². The Hall–Kier alpha value is -6.70. The standard InChI is InChI=1S/C54H43N/c1-6-16-40(17-7-1)42-26-30-46(31-27-42)51-36-34-49(38-53(51)44-20-10-3-11-21-44)55(48-24-14-5-15-25-48)50-35-37-52(54(39-50)45-22-12-4-13-23-45)47-32-28-43(29-33-47)41-18-8-2-9-19-41/h1-14,16-24,26-28,30-39,43H,15,25,29H2. The van der Waals surface area contributed by atoms with Gasteiger partial charge in [-0.1, -0.05) is 188 Å². The van der Waals surface area contributed by atoms with Crippen LogP contribution in [0.1, 0.15) is 36.3 Å². The molecule has 7 aromatic rings. The van der Waals surface area contributed by atoms with Crippen LogP contribution in [0.3, 0.4) is 0 Å². The summed E-state index contributed by atoms with van der Waals surface area (Å²) in [5.74, 6) is 0.398. The van der Waals surface area contributed by atoms with Crippen LogP contribution in [-0.2, 0) is 0 Å². The SMILES string of the molecule is C1=CCCC(N(c2ccc(C3=CCC(c4ccccc4)C=C3)c(-c3ccccc3)c2)c2ccc(-c3ccc(-c4ccccc4)cc3)c(-c3ccccc3)c2)=C1. The largest absolute Gasteiger partial charge is 0.314 e. The molecule has 0 bridgehead atoms. The monoisotopic (exact) mass is 705 g/mol. The van der Waals surface area contributed by atoms with Gasteiger partial charge in [-0.25, -0.2) is 0 Å². The Morgan fingerprint density at radius 2 is 0.964 bits per heavy atom. The summed E-state index contributed by atoms with van der Waals surface area (Å²) in [4.78, 5) is 2.48. The van der Waals surface area contributed by atoms with Crippen molar-refractivity contribution in [2.24, 2.45) is 0 Å². The normalized spacial score (nSPS) is 14.9. The van der Waals surface area contributed by atoms with Gasteiger partial charge in [0.05, 0.1) is 0 Å². The molecule has 0 saturated carbocycles. The summed E-state index contributed by atoms with van der Waals surface area (Å²) in [6.45, 7) is 0. The number of hydrogen-bond acceptors (Lipinski definition) is 1. The van der Waals surface area contributed by atoms with Gasteiger partial charge >= 0.3 is 0 Å². The van der Waals surface area contributed by atoms with Crippen molar-refractivity contribution in [3.05, 3.63) is 235 Å². The first-order chi connectivity index (χ1) is 27.3. The van der Waals surface area contributed by atoms with Crippen LogP contribution in [-0.4, -0.2) is 0 Å². The lowest BCUT2D eigenvalue weighted by molar-refractivity contribution is 0.856. The highest BCUT2D eigenvalue weighted by Gasteiger charge is 2.21. The molecule has 0 saturated heterocycles. The van der Waals surface area contributed by atoms with E-state index in [2.05, 4.69) is 223 Å². The number of allylic oxidation sites excluding steroid dienone is 8. The summed E-state index contributed by atoms with van der Waals surface area (Å²) in [5.41, 5.74) is 17.2. The van der Waals surface area contributed by atoms with E-state index in [9.17, 15) is 0 Å². The van der Waals surface area contributed by atoms with Crippen molar-refractivity contribution in [3.8, 4) is 44.5 Å². The molecular formula is C54H43N. The maximum absolute atomic E-state index is 2.48. The maximum Gasteiger partial charge on any atom is 0.0465 e. The first kappa shape index (κ1) is 34.1. The van der Waals surface area contributed by atoms with Crippen LogP contribution in [0.2, 0.25) is 0 Å². The van der Waals surface area contributed by atoms with Gasteiger partial charge in [0.1, 0.15) is 0 Å². The molecule has 0 aliphatic heterocycles. The quantitative estimate of drug-likeness (QED) is 0.145. The van der Waals surface area contributed by atoms with E-state index < -0.39 is 0 Å². The fraction of sp³-hybridized carbons (Fsp3) is 0.0741. The van der Waals surface area contributed by atoms with Crippen molar-refractivity contribution >= 4 is 16.9 Å². The highest BCUT2D eigenvalue weighted by molar-refractivity contribution is 5.91. The van der Waals surface area contributed by atoms with Crippen molar-refractivity contribution in [2.45, 2.75) is 25.2 Å². The average molecular weight is 706 g/mol. The van der Waals surface area contributed by atoms with Gasteiger partial charge in [-0.2, -0.15) is 0 Å². The second-order valence-electron chi connectivity index (χ2n) is 14.4. The third kappa shape index (κ3) is 7.30. The number of rotatable bonds is 9. The van der Waals surface area contributed by atoms with Gasteiger partial charge < -0.3 is 4.90 Å². The molecule has 1 atom stereocenters. The molecule has 2 aliphatic carbocycles. The van der Waals surface area contributed by atoms with Crippen molar-refractivity contribution in [1.29, 1.82) is 0 Å². The summed E-state index contributed by atoms with van der Waals surface area (Å²) in [6.07, 6.45) is 16.9. The Morgan fingerprint density at radius 3 is 1.53 bits per heavy atom. The van der Waals surface area contributed by atoms with Crippen LogP contribution < -0.4 is 4.90 Å². The van der Waals surface area contributed by atoms with Crippen LogP contribution >= 0.6 is 0 Å². The summed E-state index contributed by atoms with van der Waals surface area (Å²) >= 11 is 0. The van der Waals surface area contributed by atoms with E-state index in [-0.39, 0.29) is 0 Å². The maximum atomic E-state index is 2.48. The Bertz CT molecular complexity index is 2520. The Balaban J connectivity index is 1.14. The van der Waals surface area contributed by atoms with Gasteiger partial charge in [-0.15, -0.1) is 0 Å². The molecule has 0 heterocycles. The molecular weight excluding hydrogens is 663 g/mol. The minimum Gasteiger partial charge on any atom is -0.314 e. The van der Waals surface area contributed by atoms with Crippen molar-refractivity contribution in [2.75, 3.05) is 4.90 Å². The van der Waals surface area contributed by atoms with Crippen LogP contribution in [0.5, 0.6) is 0 Å². The van der Waals surface area contributed by atoms with Crippen molar-refractivity contribution in [3.63, 3.8) is 0 Å². The number of anilines is 2. The van der Waals surface area contributed by atoms with E-state index in [1.807, 2.05) is 0 Å². The Kier molecular flexibility index (Phi) is 9.75. The summed E-state index contributed by atoms with van der Waals surface area (Å²) in [7, 11) is 0. The van der Waals surface area contributed by atoms with E-state index >= 15 is 0 Å². The number of benzene rings is 7. The first-order valence-corrected chi connectivity index (χ1v) is 19.4. The van der Waals surface area contributed by atoms with Gasteiger partial charge in [0.2, 0.25) is 0 Å². The number of hydrogen-bond donors (Lipinski definition) is 0. The molecule has 264 valence electrons. The Labute approximate surface area is 325 Å². The lowest BCUT2D eigenvalue weighted by Gasteiger charge is -2.31. The molecule has 1 heteroatoms. The zero-order chi connectivity index (χ0) is 36.8. The van der Waals surface area contributed by atoms with Crippen LogP contribution in [0, 0.1) is 0 Å². The number of nitrogens with zero attached hydrogens (tertiary/aromatic N) is 1. The van der Waals surface area contributed by atoms with Gasteiger partial charge in [0.15, 0.2) is 0 Å². The smallest absolute Gasteiger partial charge is 0.0465 e. The van der Waals surface area contributed by atoms with Gasteiger partial charge in [-0.05, 0) is 111 Å².